The molecule has 1 saturated heterocycles. The van der Waals surface area contributed by atoms with Gasteiger partial charge in [-0.05, 0) is 49.0 Å². The fraction of sp³-hybridized carbons (Fsp3) is 0.571. The lowest BCUT2D eigenvalue weighted by Crippen LogP contribution is -2.39. The van der Waals surface area contributed by atoms with E-state index in [1.807, 2.05) is 0 Å². The molecule has 0 saturated carbocycles. The summed E-state index contributed by atoms with van der Waals surface area (Å²) in [5, 5.41) is 3.42. The summed E-state index contributed by atoms with van der Waals surface area (Å²) in [6, 6.07) is 6.86. The number of piperidine rings is 1. The third-order valence-corrected chi connectivity index (χ3v) is 3.99. The maximum Gasteiger partial charge on any atom is 0.0963 e. The zero-order valence-corrected chi connectivity index (χ0v) is 9.88. The molecule has 2 heterocycles. The Kier molecular flexibility index (Phi) is 2.49. The van der Waals surface area contributed by atoms with Gasteiger partial charge in [-0.15, -0.1) is 0 Å². The minimum Gasteiger partial charge on any atom is -0.365 e. The fourth-order valence-electron chi connectivity index (χ4n) is 2.93. The molecule has 0 bridgehead atoms. The third-order valence-electron chi connectivity index (χ3n) is 3.99. The molecule has 2 nitrogen and oxygen atoms in total. The summed E-state index contributed by atoms with van der Waals surface area (Å²) in [6.45, 7) is 5.18. The molecule has 0 unspecified atom stereocenters. The summed E-state index contributed by atoms with van der Waals surface area (Å²) >= 11 is 0. The number of benzene rings is 1. The molecule has 86 valence electrons. The van der Waals surface area contributed by atoms with Crippen molar-refractivity contribution < 1.29 is 4.74 Å². The maximum atomic E-state index is 6.11. The number of hydrogen-bond donors (Lipinski definition) is 1. The maximum absolute atomic E-state index is 6.11. The van der Waals surface area contributed by atoms with Crippen LogP contribution in [0.25, 0.3) is 0 Å². The molecule has 1 spiro atoms. The van der Waals surface area contributed by atoms with Crippen molar-refractivity contribution in [3.63, 3.8) is 0 Å². The molecule has 1 N–H and O–H groups in total. The number of rotatable bonds is 1. The van der Waals surface area contributed by atoms with E-state index in [4.69, 9.17) is 4.74 Å². The Morgan fingerprint density at radius 2 is 2.12 bits per heavy atom. The van der Waals surface area contributed by atoms with E-state index >= 15 is 0 Å². The molecule has 1 aromatic rings. The summed E-state index contributed by atoms with van der Waals surface area (Å²) in [5.41, 5.74) is 4.33. The van der Waals surface area contributed by atoms with Gasteiger partial charge >= 0.3 is 0 Å². The Hall–Kier alpha value is -0.860. The summed E-state index contributed by atoms with van der Waals surface area (Å²) in [7, 11) is 0. The minimum absolute atomic E-state index is 0.0335. The van der Waals surface area contributed by atoms with Crippen molar-refractivity contribution in [3.05, 3.63) is 34.9 Å². The second-order valence-corrected chi connectivity index (χ2v) is 4.88. The second-order valence-electron chi connectivity index (χ2n) is 4.88. The lowest BCUT2D eigenvalue weighted by Gasteiger charge is -2.34. The van der Waals surface area contributed by atoms with Gasteiger partial charge in [0.15, 0.2) is 0 Å². The van der Waals surface area contributed by atoms with E-state index in [9.17, 15) is 0 Å². The lowest BCUT2D eigenvalue weighted by atomic mass is 9.83. The van der Waals surface area contributed by atoms with Crippen LogP contribution in [0.1, 0.15) is 36.5 Å². The number of ether oxygens (including phenoxy) is 1. The van der Waals surface area contributed by atoms with Crippen LogP contribution in [-0.2, 0) is 23.4 Å². The molecule has 2 aliphatic rings. The molecule has 2 aliphatic heterocycles. The van der Waals surface area contributed by atoms with Crippen molar-refractivity contribution in [2.75, 3.05) is 13.1 Å². The van der Waals surface area contributed by atoms with E-state index in [-0.39, 0.29) is 5.60 Å². The van der Waals surface area contributed by atoms with Crippen LogP contribution in [0.5, 0.6) is 0 Å². The van der Waals surface area contributed by atoms with Gasteiger partial charge in [0.25, 0.3) is 0 Å². The van der Waals surface area contributed by atoms with Crippen LogP contribution in [0.4, 0.5) is 0 Å². The summed E-state index contributed by atoms with van der Waals surface area (Å²) < 4.78 is 6.11. The summed E-state index contributed by atoms with van der Waals surface area (Å²) in [5.74, 6) is 0. The van der Waals surface area contributed by atoms with Crippen molar-refractivity contribution in [2.45, 2.75) is 38.4 Å². The van der Waals surface area contributed by atoms with Crippen LogP contribution in [0.2, 0.25) is 0 Å². The van der Waals surface area contributed by atoms with E-state index in [0.717, 1.165) is 39.0 Å². The standard InChI is InChI=1S/C14H19NO/c1-2-11-3-4-12-10-16-14(13(12)9-11)5-7-15-8-6-14/h3-4,9,15H,2,5-8,10H2,1H3. The Bertz CT molecular complexity index is 388. The van der Waals surface area contributed by atoms with Crippen molar-refractivity contribution >= 4 is 0 Å². The molecule has 0 aromatic heterocycles. The van der Waals surface area contributed by atoms with Crippen LogP contribution in [0.15, 0.2) is 18.2 Å². The Balaban J connectivity index is 2.02. The van der Waals surface area contributed by atoms with E-state index < -0.39 is 0 Å². The largest absolute Gasteiger partial charge is 0.365 e. The van der Waals surface area contributed by atoms with Crippen LogP contribution >= 0.6 is 0 Å². The first-order valence-electron chi connectivity index (χ1n) is 6.31. The van der Waals surface area contributed by atoms with Crippen LogP contribution in [-0.4, -0.2) is 13.1 Å². The third kappa shape index (κ3) is 1.48. The van der Waals surface area contributed by atoms with Crippen molar-refractivity contribution in [2.24, 2.45) is 0 Å². The number of nitrogens with one attached hydrogen (secondary N) is 1. The molecule has 3 rings (SSSR count). The van der Waals surface area contributed by atoms with Crippen LogP contribution < -0.4 is 5.32 Å². The van der Waals surface area contributed by atoms with Gasteiger partial charge in [-0.25, -0.2) is 0 Å². The predicted octanol–water partition coefficient (Wildman–Crippen LogP) is 2.36. The van der Waals surface area contributed by atoms with E-state index in [1.54, 1.807) is 0 Å². The van der Waals surface area contributed by atoms with Gasteiger partial charge in [-0.3, -0.25) is 0 Å². The van der Waals surface area contributed by atoms with Crippen molar-refractivity contribution in [3.8, 4) is 0 Å². The smallest absolute Gasteiger partial charge is 0.0963 e. The van der Waals surface area contributed by atoms with E-state index in [1.165, 1.54) is 16.7 Å². The predicted molar refractivity (Wildman–Crippen MR) is 64.4 cm³/mol. The zero-order valence-electron chi connectivity index (χ0n) is 9.88. The van der Waals surface area contributed by atoms with Gasteiger partial charge in [0.2, 0.25) is 0 Å². The molecule has 1 aromatic carbocycles. The zero-order chi connectivity index (χ0) is 11.0. The molecule has 0 amide bonds. The van der Waals surface area contributed by atoms with Gasteiger partial charge in [-0.1, -0.05) is 25.1 Å². The van der Waals surface area contributed by atoms with Gasteiger partial charge < -0.3 is 10.1 Å². The summed E-state index contributed by atoms with van der Waals surface area (Å²) in [6.07, 6.45) is 3.35. The lowest BCUT2D eigenvalue weighted by molar-refractivity contribution is -0.0590. The summed E-state index contributed by atoms with van der Waals surface area (Å²) in [4.78, 5) is 0. The monoisotopic (exact) mass is 217 g/mol. The molecule has 16 heavy (non-hydrogen) atoms. The first-order valence-corrected chi connectivity index (χ1v) is 6.31. The Morgan fingerprint density at radius 3 is 2.88 bits per heavy atom. The first-order chi connectivity index (χ1) is 7.84. The molecular formula is C14H19NO. The average Bonchev–Trinajstić information content (AvgIpc) is 2.69. The molecule has 2 heteroatoms. The highest BCUT2D eigenvalue weighted by atomic mass is 16.5. The van der Waals surface area contributed by atoms with Gasteiger partial charge in [0.05, 0.1) is 12.2 Å². The Morgan fingerprint density at radius 1 is 1.31 bits per heavy atom. The second kappa shape index (κ2) is 3.86. The normalized spacial score (nSPS) is 22.3. The molecule has 0 aliphatic carbocycles. The van der Waals surface area contributed by atoms with E-state index in [2.05, 4.69) is 30.4 Å². The minimum atomic E-state index is 0.0335. The molecule has 0 atom stereocenters. The topological polar surface area (TPSA) is 21.3 Å². The van der Waals surface area contributed by atoms with Gasteiger partial charge in [-0.2, -0.15) is 0 Å². The molecule has 0 radical (unpaired) electrons. The van der Waals surface area contributed by atoms with Crippen molar-refractivity contribution in [1.29, 1.82) is 0 Å². The Labute approximate surface area is 97.0 Å². The quantitative estimate of drug-likeness (QED) is 0.779. The number of aryl methyl sites for hydroxylation is 1. The first kappa shape index (κ1) is 10.3. The van der Waals surface area contributed by atoms with Gasteiger partial charge in [0, 0.05) is 0 Å². The van der Waals surface area contributed by atoms with Gasteiger partial charge in [0.1, 0.15) is 0 Å². The highest BCUT2D eigenvalue weighted by molar-refractivity contribution is 5.39. The number of fused-ring (bicyclic) bond motifs is 2. The SMILES string of the molecule is CCc1ccc2c(c1)C1(CCNCC1)OC2. The highest BCUT2D eigenvalue weighted by Gasteiger charge is 2.40. The van der Waals surface area contributed by atoms with E-state index in [0.29, 0.717) is 0 Å². The van der Waals surface area contributed by atoms with Crippen molar-refractivity contribution in [1.82, 2.24) is 5.32 Å². The molecular weight excluding hydrogens is 198 g/mol. The van der Waals surface area contributed by atoms with Crippen LogP contribution in [0, 0.1) is 0 Å². The average molecular weight is 217 g/mol. The number of hydrogen-bond acceptors (Lipinski definition) is 2. The fourth-order valence-corrected chi connectivity index (χ4v) is 2.93. The van der Waals surface area contributed by atoms with Crippen LogP contribution in [0.3, 0.4) is 0 Å². The highest BCUT2D eigenvalue weighted by Crippen LogP contribution is 2.43. The molecule has 1 fully saturated rings.